The van der Waals surface area contributed by atoms with Crippen molar-refractivity contribution in [2.45, 2.75) is 38.8 Å². The first kappa shape index (κ1) is 12.2. The third-order valence-electron chi connectivity index (χ3n) is 3.26. The smallest absolute Gasteiger partial charge is 0.121 e. The van der Waals surface area contributed by atoms with Crippen LogP contribution in [0.3, 0.4) is 0 Å². The lowest BCUT2D eigenvalue weighted by Gasteiger charge is -2.36. The molecule has 0 amide bonds. The largest absolute Gasteiger partial charge is 0.496 e. The van der Waals surface area contributed by atoms with Crippen molar-refractivity contribution in [2.24, 2.45) is 0 Å². The molecule has 0 aromatic heterocycles. The van der Waals surface area contributed by atoms with Gasteiger partial charge in [-0.15, -0.1) is 0 Å². The lowest BCUT2D eigenvalue weighted by molar-refractivity contribution is 0.00299. The van der Waals surface area contributed by atoms with E-state index in [9.17, 15) is 0 Å². The van der Waals surface area contributed by atoms with Gasteiger partial charge in [-0.2, -0.15) is 0 Å². The predicted molar refractivity (Wildman–Crippen MR) is 69.8 cm³/mol. The summed E-state index contributed by atoms with van der Waals surface area (Å²) in [6.07, 6.45) is 2.68. The molecule has 0 spiro atoms. The van der Waals surface area contributed by atoms with Crippen molar-refractivity contribution in [2.75, 3.05) is 19.0 Å². The highest BCUT2D eigenvalue weighted by Gasteiger charge is 2.29. The maximum absolute atomic E-state index is 5.55. The molecule has 1 N–H and O–H groups in total. The van der Waals surface area contributed by atoms with Gasteiger partial charge in [0.1, 0.15) is 5.75 Å². The zero-order valence-corrected chi connectivity index (χ0v) is 10.8. The Bertz CT molecular complexity index is 372. The molecule has 1 fully saturated rings. The minimum Gasteiger partial charge on any atom is -0.496 e. The highest BCUT2D eigenvalue weighted by atomic mass is 16.5. The number of hydrogen-bond acceptors (Lipinski definition) is 3. The zero-order chi connectivity index (χ0) is 12.3. The molecule has 17 heavy (non-hydrogen) atoms. The molecule has 0 unspecified atom stereocenters. The van der Waals surface area contributed by atoms with Crippen molar-refractivity contribution in [3.63, 3.8) is 0 Å². The molecule has 1 aliphatic carbocycles. The van der Waals surface area contributed by atoms with Gasteiger partial charge in [0, 0.05) is 18.3 Å². The Balaban J connectivity index is 1.86. The Morgan fingerprint density at radius 3 is 2.71 bits per heavy atom. The molecule has 1 aromatic rings. The van der Waals surface area contributed by atoms with E-state index in [1.165, 1.54) is 5.69 Å². The van der Waals surface area contributed by atoms with Gasteiger partial charge in [-0.1, -0.05) is 0 Å². The minimum atomic E-state index is 0.455. The average molecular weight is 235 g/mol. The summed E-state index contributed by atoms with van der Waals surface area (Å²) < 4.78 is 10.8. The third-order valence-corrected chi connectivity index (χ3v) is 3.26. The van der Waals surface area contributed by atoms with Crippen molar-refractivity contribution in [3.05, 3.63) is 23.8 Å². The van der Waals surface area contributed by atoms with Gasteiger partial charge >= 0.3 is 0 Å². The van der Waals surface area contributed by atoms with Gasteiger partial charge in [-0.25, -0.2) is 0 Å². The molecule has 0 atom stereocenters. The van der Waals surface area contributed by atoms with Crippen LogP contribution in [0.15, 0.2) is 18.2 Å². The van der Waals surface area contributed by atoms with E-state index >= 15 is 0 Å². The van der Waals surface area contributed by atoms with Crippen molar-refractivity contribution in [1.29, 1.82) is 0 Å². The number of nitrogens with one attached hydrogen (secondary N) is 1. The number of aryl methyl sites for hydroxylation is 1. The summed E-state index contributed by atoms with van der Waals surface area (Å²) in [6, 6.07) is 6.77. The van der Waals surface area contributed by atoms with E-state index in [0.29, 0.717) is 12.1 Å². The Kier molecular flexibility index (Phi) is 3.89. The summed E-state index contributed by atoms with van der Waals surface area (Å²) in [6.45, 7) is 4.93. The van der Waals surface area contributed by atoms with Gasteiger partial charge in [0.15, 0.2) is 0 Å². The third kappa shape index (κ3) is 2.91. The van der Waals surface area contributed by atoms with Gasteiger partial charge in [0.05, 0.1) is 13.2 Å². The molecule has 0 radical (unpaired) electrons. The first-order valence-corrected chi connectivity index (χ1v) is 6.25. The SMILES string of the molecule is CCOC1CC(Nc2ccc(OC)c(C)c2)C1. The predicted octanol–water partition coefficient (Wildman–Crippen LogP) is 2.98. The molecule has 0 aliphatic heterocycles. The number of benzene rings is 1. The van der Waals surface area contributed by atoms with Crippen LogP contribution in [0.1, 0.15) is 25.3 Å². The van der Waals surface area contributed by atoms with E-state index in [2.05, 4.69) is 24.4 Å². The van der Waals surface area contributed by atoms with E-state index in [1.54, 1.807) is 7.11 Å². The minimum absolute atomic E-state index is 0.455. The van der Waals surface area contributed by atoms with Crippen LogP contribution in [-0.2, 0) is 4.74 Å². The Morgan fingerprint density at radius 2 is 2.12 bits per heavy atom. The zero-order valence-electron chi connectivity index (χ0n) is 10.8. The number of ether oxygens (including phenoxy) is 2. The fourth-order valence-electron chi connectivity index (χ4n) is 2.26. The molecular formula is C14H21NO2. The maximum Gasteiger partial charge on any atom is 0.121 e. The standard InChI is InChI=1S/C14H21NO2/c1-4-17-13-8-12(9-13)15-11-5-6-14(16-3)10(2)7-11/h5-7,12-13,15H,4,8-9H2,1-3H3. The van der Waals surface area contributed by atoms with Crippen LogP contribution >= 0.6 is 0 Å². The second-order valence-electron chi connectivity index (χ2n) is 4.57. The molecule has 1 aromatic carbocycles. The van der Waals surface area contributed by atoms with Gasteiger partial charge in [0.2, 0.25) is 0 Å². The molecule has 1 saturated carbocycles. The first-order chi connectivity index (χ1) is 8.22. The van der Waals surface area contributed by atoms with Crippen molar-refractivity contribution < 1.29 is 9.47 Å². The lowest BCUT2D eigenvalue weighted by Crippen LogP contribution is -2.40. The number of anilines is 1. The van der Waals surface area contributed by atoms with Crippen LogP contribution < -0.4 is 10.1 Å². The average Bonchev–Trinajstić information content (AvgIpc) is 2.26. The van der Waals surface area contributed by atoms with Crippen LogP contribution in [0.2, 0.25) is 0 Å². The van der Waals surface area contributed by atoms with Crippen molar-refractivity contribution in [1.82, 2.24) is 0 Å². The van der Waals surface area contributed by atoms with Gasteiger partial charge in [0.25, 0.3) is 0 Å². The van der Waals surface area contributed by atoms with E-state index in [-0.39, 0.29) is 0 Å². The molecule has 0 bridgehead atoms. The highest BCUT2D eigenvalue weighted by molar-refractivity contribution is 5.51. The fraction of sp³-hybridized carbons (Fsp3) is 0.571. The van der Waals surface area contributed by atoms with E-state index in [1.807, 2.05) is 13.0 Å². The second kappa shape index (κ2) is 5.41. The van der Waals surface area contributed by atoms with Crippen LogP contribution in [0.5, 0.6) is 5.75 Å². The van der Waals surface area contributed by atoms with Crippen LogP contribution in [0.4, 0.5) is 5.69 Å². The summed E-state index contributed by atoms with van der Waals surface area (Å²) in [4.78, 5) is 0. The fourth-order valence-corrected chi connectivity index (χ4v) is 2.26. The summed E-state index contributed by atoms with van der Waals surface area (Å²) >= 11 is 0. The summed E-state index contributed by atoms with van der Waals surface area (Å²) in [5, 5.41) is 3.52. The van der Waals surface area contributed by atoms with Crippen molar-refractivity contribution >= 4 is 5.69 Å². The Labute approximate surface area is 103 Å². The normalized spacial score (nSPS) is 23.0. The molecule has 1 aliphatic rings. The van der Waals surface area contributed by atoms with E-state index in [0.717, 1.165) is 30.8 Å². The Morgan fingerprint density at radius 1 is 1.35 bits per heavy atom. The van der Waals surface area contributed by atoms with E-state index < -0.39 is 0 Å². The summed E-state index contributed by atoms with van der Waals surface area (Å²) in [5.74, 6) is 0.941. The maximum atomic E-state index is 5.55. The van der Waals surface area contributed by atoms with Gasteiger partial charge in [-0.05, 0) is 50.5 Å². The monoisotopic (exact) mass is 235 g/mol. The van der Waals surface area contributed by atoms with Gasteiger partial charge in [-0.3, -0.25) is 0 Å². The number of methoxy groups -OCH3 is 1. The molecule has 0 saturated heterocycles. The lowest BCUT2D eigenvalue weighted by atomic mass is 9.89. The quantitative estimate of drug-likeness (QED) is 0.851. The number of hydrogen-bond donors (Lipinski definition) is 1. The molecular weight excluding hydrogens is 214 g/mol. The highest BCUT2D eigenvalue weighted by Crippen LogP contribution is 2.28. The molecule has 0 heterocycles. The summed E-state index contributed by atoms with van der Waals surface area (Å²) in [5.41, 5.74) is 2.33. The van der Waals surface area contributed by atoms with Gasteiger partial charge < -0.3 is 14.8 Å². The molecule has 2 rings (SSSR count). The summed E-state index contributed by atoms with van der Waals surface area (Å²) in [7, 11) is 1.70. The molecule has 3 nitrogen and oxygen atoms in total. The van der Waals surface area contributed by atoms with E-state index in [4.69, 9.17) is 9.47 Å². The number of rotatable bonds is 5. The second-order valence-corrected chi connectivity index (χ2v) is 4.57. The molecule has 94 valence electrons. The van der Waals surface area contributed by atoms with Crippen LogP contribution in [0, 0.1) is 6.92 Å². The van der Waals surface area contributed by atoms with Crippen molar-refractivity contribution in [3.8, 4) is 5.75 Å². The first-order valence-electron chi connectivity index (χ1n) is 6.25. The Hall–Kier alpha value is -1.22. The van der Waals surface area contributed by atoms with Crippen LogP contribution in [0.25, 0.3) is 0 Å². The topological polar surface area (TPSA) is 30.5 Å². The molecule has 3 heteroatoms. The van der Waals surface area contributed by atoms with Crippen LogP contribution in [-0.4, -0.2) is 25.9 Å².